The highest BCUT2D eigenvalue weighted by molar-refractivity contribution is 7.18. The third kappa shape index (κ3) is 3.98. The topological polar surface area (TPSA) is 78.1 Å². The zero-order chi connectivity index (χ0) is 19.7. The van der Waals surface area contributed by atoms with Gasteiger partial charge in [0.1, 0.15) is 16.5 Å². The zero-order valence-corrected chi connectivity index (χ0v) is 16.4. The van der Waals surface area contributed by atoms with E-state index < -0.39 is 0 Å². The van der Waals surface area contributed by atoms with Gasteiger partial charge in [0.05, 0.1) is 18.5 Å². The molecule has 6 nitrogen and oxygen atoms in total. The van der Waals surface area contributed by atoms with Gasteiger partial charge in [-0.05, 0) is 62.6 Å². The summed E-state index contributed by atoms with van der Waals surface area (Å²) in [5.74, 6) is -0.0203. The highest BCUT2D eigenvalue weighted by Gasteiger charge is 2.20. The molecule has 1 amide bonds. The van der Waals surface area contributed by atoms with E-state index in [1.54, 1.807) is 23.3 Å². The largest absolute Gasteiger partial charge is 0.325 e. The maximum Gasteiger partial charge on any atom is 0.259 e. The van der Waals surface area contributed by atoms with Crippen LogP contribution < -0.4 is 10.9 Å². The number of aromatic nitrogens is 2. The number of hydrogen-bond acceptors (Lipinski definition) is 5. The Hall–Kier alpha value is -2.58. The Bertz CT molecular complexity index is 1070. The van der Waals surface area contributed by atoms with Crippen LogP contribution in [0.25, 0.3) is 10.2 Å². The molecule has 2 N–H and O–H groups in total. The van der Waals surface area contributed by atoms with Gasteiger partial charge in [0.2, 0.25) is 5.91 Å². The van der Waals surface area contributed by atoms with E-state index in [1.165, 1.54) is 34.7 Å². The predicted molar refractivity (Wildman–Crippen MR) is 108 cm³/mol. The lowest BCUT2D eigenvalue weighted by molar-refractivity contribution is -0.117. The van der Waals surface area contributed by atoms with E-state index in [-0.39, 0.29) is 23.8 Å². The molecule has 4 rings (SSSR count). The summed E-state index contributed by atoms with van der Waals surface area (Å²) in [4.78, 5) is 36.1. The number of anilines is 1. The van der Waals surface area contributed by atoms with Crippen LogP contribution in [-0.4, -0.2) is 34.4 Å². The molecular formula is C20H21FN4O2S. The molecule has 0 fully saturated rings. The van der Waals surface area contributed by atoms with E-state index in [0.29, 0.717) is 18.1 Å². The molecule has 8 heteroatoms. The van der Waals surface area contributed by atoms with Gasteiger partial charge in [-0.25, -0.2) is 9.37 Å². The normalized spacial score (nSPS) is 13.7. The van der Waals surface area contributed by atoms with E-state index >= 15 is 0 Å². The lowest BCUT2D eigenvalue weighted by Crippen LogP contribution is -2.31. The number of rotatable bonds is 5. The summed E-state index contributed by atoms with van der Waals surface area (Å²) in [5, 5.41) is 3.46. The van der Waals surface area contributed by atoms with Crippen molar-refractivity contribution in [2.24, 2.45) is 0 Å². The Labute approximate surface area is 165 Å². The number of benzene rings is 1. The van der Waals surface area contributed by atoms with Crippen molar-refractivity contribution in [2.75, 3.05) is 18.9 Å². The molecule has 28 heavy (non-hydrogen) atoms. The first-order valence-corrected chi connectivity index (χ1v) is 10.1. The molecule has 0 spiro atoms. The number of H-pyrrole nitrogens is 1. The third-order valence-electron chi connectivity index (χ3n) is 4.84. The number of nitrogens with zero attached hydrogens (tertiary/aromatic N) is 2. The average Bonchev–Trinajstić information content (AvgIpc) is 3.02. The van der Waals surface area contributed by atoms with Crippen molar-refractivity contribution in [2.45, 2.75) is 32.2 Å². The molecule has 1 aromatic carbocycles. The Morgan fingerprint density at radius 2 is 2.04 bits per heavy atom. The van der Waals surface area contributed by atoms with Crippen molar-refractivity contribution in [3.8, 4) is 0 Å². The molecule has 3 aromatic rings. The number of aromatic amines is 1. The smallest absolute Gasteiger partial charge is 0.259 e. The lowest BCUT2D eigenvalue weighted by Gasteiger charge is -2.15. The first kappa shape index (κ1) is 18.8. The summed E-state index contributed by atoms with van der Waals surface area (Å²) in [7, 11) is 1.79. The van der Waals surface area contributed by atoms with Gasteiger partial charge < -0.3 is 10.3 Å². The molecule has 0 bridgehead atoms. The molecule has 0 atom stereocenters. The van der Waals surface area contributed by atoms with Crippen LogP contribution in [-0.2, 0) is 24.2 Å². The Morgan fingerprint density at radius 3 is 2.82 bits per heavy atom. The number of likely N-dealkylation sites (N-methyl/N-ethyl adjacent to an activating group) is 1. The predicted octanol–water partition coefficient (Wildman–Crippen LogP) is 3.07. The molecule has 2 aromatic heterocycles. The van der Waals surface area contributed by atoms with Gasteiger partial charge in [-0.15, -0.1) is 11.3 Å². The van der Waals surface area contributed by atoms with Crippen molar-refractivity contribution >= 4 is 33.1 Å². The summed E-state index contributed by atoms with van der Waals surface area (Å²) in [6, 6.07) is 5.62. The second kappa shape index (κ2) is 7.81. The van der Waals surface area contributed by atoms with Crippen molar-refractivity contribution < 1.29 is 9.18 Å². The number of halogens is 1. The van der Waals surface area contributed by atoms with E-state index in [9.17, 15) is 14.0 Å². The summed E-state index contributed by atoms with van der Waals surface area (Å²) < 4.78 is 12.9. The first-order chi connectivity index (χ1) is 13.5. The molecule has 1 aliphatic rings. The Kier molecular flexibility index (Phi) is 5.23. The van der Waals surface area contributed by atoms with Gasteiger partial charge in [-0.2, -0.15) is 0 Å². The van der Waals surface area contributed by atoms with Crippen molar-refractivity contribution in [3.63, 3.8) is 0 Å². The number of thiophene rings is 1. The van der Waals surface area contributed by atoms with Crippen LogP contribution in [0, 0.1) is 5.82 Å². The van der Waals surface area contributed by atoms with Gasteiger partial charge in [0.15, 0.2) is 0 Å². The van der Waals surface area contributed by atoms with Crippen LogP contribution >= 0.6 is 11.3 Å². The number of carbonyl (C=O) groups excluding carboxylic acids is 1. The number of aryl methyl sites for hydroxylation is 2. The molecule has 1 aliphatic carbocycles. The highest BCUT2D eigenvalue weighted by Crippen LogP contribution is 2.33. The maximum absolute atomic E-state index is 12.9. The van der Waals surface area contributed by atoms with Crippen molar-refractivity contribution in [1.29, 1.82) is 0 Å². The summed E-state index contributed by atoms with van der Waals surface area (Å²) in [6.45, 7) is 0.477. The SMILES string of the molecule is CN(CC(=O)Nc1ccc(F)cc1)Cc1nc2sc3c(c2c(=O)[nH]1)CCCC3. The average molecular weight is 400 g/mol. The molecule has 146 valence electrons. The Balaban J connectivity index is 1.44. The zero-order valence-electron chi connectivity index (χ0n) is 15.5. The van der Waals surface area contributed by atoms with Crippen LogP contribution in [0.4, 0.5) is 10.1 Å². The highest BCUT2D eigenvalue weighted by atomic mass is 32.1. The second-order valence-corrected chi connectivity index (χ2v) is 8.21. The summed E-state index contributed by atoms with van der Waals surface area (Å²) in [5.41, 5.74) is 1.61. The van der Waals surface area contributed by atoms with Crippen LogP contribution in [0.5, 0.6) is 0 Å². The van der Waals surface area contributed by atoms with Crippen LogP contribution in [0.1, 0.15) is 29.1 Å². The third-order valence-corrected chi connectivity index (χ3v) is 6.02. The van der Waals surface area contributed by atoms with Crippen LogP contribution in [0.15, 0.2) is 29.1 Å². The minimum absolute atomic E-state index is 0.0939. The van der Waals surface area contributed by atoms with Gasteiger partial charge >= 0.3 is 0 Å². The van der Waals surface area contributed by atoms with Crippen LogP contribution in [0.3, 0.4) is 0 Å². The number of nitrogens with one attached hydrogen (secondary N) is 2. The van der Waals surface area contributed by atoms with Crippen molar-refractivity contribution in [3.05, 3.63) is 56.7 Å². The van der Waals surface area contributed by atoms with Gasteiger partial charge in [-0.1, -0.05) is 0 Å². The fourth-order valence-corrected chi connectivity index (χ4v) is 4.85. The van der Waals surface area contributed by atoms with Crippen LogP contribution in [0.2, 0.25) is 0 Å². The number of amides is 1. The first-order valence-electron chi connectivity index (χ1n) is 9.27. The maximum atomic E-state index is 12.9. The molecule has 0 unspecified atom stereocenters. The molecule has 0 saturated carbocycles. The molecule has 2 heterocycles. The monoisotopic (exact) mass is 400 g/mol. The van der Waals surface area contributed by atoms with E-state index in [2.05, 4.69) is 15.3 Å². The number of carbonyl (C=O) groups is 1. The number of fused-ring (bicyclic) bond motifs is 3. The molecule has 0 saturated heterocycles. The molecule has 0 aliphatic heterocycles. The minimum Gasteiger partial charge on any atom is -0.325 e. The fraction of sp³-hybridized carbons (Fsp3) is 0.350. The Morgan fingerprint density at radius 1 is 1.29 bits per heavy atom. The van der Waals surface area contributed by atoms with Gasteiger partial charge in [0, 0.05) is 10.6 Å². The van der Waals surface area contributed by atoms with E-state index in [0.717, 1.165) is 35.9 Å². The molecule has 0 radical (unpaired) electrons. The lowest BCUT2D eigenvalue weighted by atomic mass is 9.97. The minimum atomic E-state index is -0.351. The van der Waals surface area contributed by atoms with Crippen molar-refractivity contribution in [1.82, 2.24) is 14.9 Å². The number of hydrogen-bond donors (Lipinski definition) is 2. The summed E-state index contributed by atoms with van der Waals surface area (Å²) >= 11 is 1.61. The molecular weight excluding hydrogens is 379 g/mol. The quantitative estimate of drug-likeness (QED) is 0.690. The van der Waals surface area contributed by atoms with Gasteiger partial charge in [0.25, 0.3) is 5.56 Å². The summed E-state index contributed by atoms with van der Waals surface area (Å²) in [6.07, 6.45) is 4.25. The fourth-order valence-electron chi connectivity index (χ4n) is 3.57. The second-order valence-electron chi connectivity index (χ2n) is 7.13. The van der Waals surface area contributed by atoms with E-state index in [4.69, 9.17) is 0 Å². The standard InChI is InChI=1S/C20H21FN4O2S/c1-25(11-17(26)22-13-8-6-12(21)7-9-13)10-16-23-19(27)18-14-4-2-3-5-15(14)28-20(18)24-16/h6-9H,2-5,10-11H2,1H3,(H,22,26)(H,23,24,27). The van der Waals surface area contributed by atoms with Gasteiger partial charge in [-0.3, -0.25) is 14.5 Å². The van der Waals surface area contributed by atoms with E-state index in [1.807, 2.05) is 0 Å².